The van der Waals surface area contributed by atoms with Crippen LogP contribution in [0.5, 0.6) is 0 Å². The zero-order valence-corrected chi connectivity index (χ0v) is 9.48. The van der Waals surface area contributed by atoms with Gasteiger partial charge in [-0.1, -0.05) is 0 Å². The first-order valence-electron chi connectivity index (χ1n) is 4.18. The second-order valence-corrected chi connectivity index (χ2v) is 4.01. The third-order valence-corrected chi connectivity index (χ3v) is 2.53. The molecular weight excluding hydrogens is 262 g/mol. The molecule has 78 valence electrons. The summed E-state index contributed by atoms with van der Waals surface area (Å²) in [6, 6.07) is 1.89. The van der Waals surface area contributed by atoms with Crippen LogP contribution in [-0.4, -0.2) is 15.6 Å². The number of fused-ring (bicyclic) bond motifs is 1. The largest absolute Gasteiger partial charge is 0.370 e. The lowest BCUT2D eigenvalue weighted by atomic mass is 10.2. The van der Waals surface area contributed by atoms with Crippen molar-refractivity contribution in [2.75, 3.05) is 0 Å². The van der Waals surface area contributed by atoms with E-state index in [9.17, 15) is 4.79 Å². The van der Waals surface area contributed by atoms with Gasteiger partial charge in [0.1, 0.15) is 5.56 Å². The highest BCUT2D eigenvalue weighted by Crippen LogP contribution is 2.20. The van der Waals surface area contributed by atoms with Crippen molar-refractivity contribution < 1.29 is 9.63 Å². The van der Waals surface area contributed by atoms with E-state index in [4.69, 9.17) is 5.90 Å². The Morgan fingerprint density at radius 1 is 1.67 bits per heavy atom. The van der Waals surface area contributed by atoms with Gasteiger partial charge in [0.05, 0.1) is 11.7 Å². The fourth-order valence-corrected chi connectivity index (χ4v) is 2.03. The lowest BCUT2D eigenvalue weighted by Crippen LogP contribution is -2.10. The van der Waals surface area contributed by atoms with E-state index in [-0.39, 0.29) is 0 Å². The van der Waals surface area contributed by atoms with Gasteiger partial charge in [0.2, 0.25) is 0 Å². The van der Waals surface area contributed by atoms with Gasteiger partial charge >= 0.3 is 5.97 Å². The fourth-order valence-electron chi connectivity index (χ4n) is 1.50. The molecule has 0 amide bonds. The van der Waals surface area contributed by atoms with E-state index in [0.717, 1.165) is 10.0 Å². The van der Waals surface area contributed by atoms with E-state index in [1.807, 2.05) is 13.0 Å². The van der Waals surface area contributed by atoms with E-state index in [1.54, 1.807) is 10.7 Å². The molecule has 2 aromatic heterocycles. The Kier molecular flexibility index (Phi) is 2.45. The van der Waals surface area contributed by atoms with Crippen LogP contribution in [-0.2, 0) is 4.84 Å². The van der Waals surface area contributed by atoms with Crippen molar-refractivity contribution in [1.29, 1.82) is 0 Å². The minimum absolute atomic E-state index is 0.363. The number of nitrogens with zero attached hydrogens (tertiary/aromatic N) is 2. The molecule has 2 aromatic rings. The lowest BCUT2D eigenvalue weighted by molar-refractivity contribution is 0.0505. The highest BCUT2D eigenvalue weighted by molar-refractivity contribution is 9.10. The number of carbonyl (C=O) groups excluding carboxylic acids is 1. The second-order valence-electron chi connectivity index (χ2n) is 3.10. The predicted molar refractivity (Wildman–Crippen MR) is 57.2 cm³/mol. The molecular formula is C9H8BrN3O2. The number of hydrogen-bond acceptors (Lipinski definition) is 4. The second kappa shape index (κ2) is 3.63. The first kappa shape index (κ1) is 10.1. The van der Waals surface area contributed by atoms with Crippen LogP contribution in [0.4, 0.5) is 0 Å². The molecule has 0 radical (unpaired) electrons. The van der Waals surface area contributed by atoms with Crippen molar-refractivity contribution in [3.8, 4) is 0 Å². The number of aryl methyl sites for hydroxylation is 1. The normalized spacial score (nSPS) is 10.6. The zero-order chi connectivity index (χ0) is 11.0. The first-order chi connectivity index (χ1) is 7.13. The summed E-state index contributed by atoms with van der Waals surface area (Å²) >= 11 is 3.34. The molecule has 6 heteroatoms. The number of nitrogens with two attached hydrogens (primary N) is 1. The maximum atomic E-state index is 11.3. The van der Waals surface area contributed by atoms with E-state index < -0.39 is 5.97 Å². The highest BCUT2D eigenvalue weighted by atomic mass is 79.9. The Morgan fingerprint density at radius 3 is 3.07 bits per heavy atom. The maximum absolute atomic E-state index is 11.3. The van der Waals surface area contributed by atoms with Crippen LogP contribution in [0.25, 0.3) is 5.52 Å². The molecule has 0 saturated heterocycles. The molecule has 0 bridgehead atoms. The number of rotatable bonds is 1. The smallest absolute Gasteiger partial charge is 0.360 e. The number of aromatic nitrogens is 2. The molecule has 2 heterocycles. The van der Waals surface area contributed by atoms with Crippen molar-refractivity contribution in [2.45, 2.75) is 6.92 Å². The Bertz CT molecular complexity index is 535. The topological polar surface area (TPSA) is 69.6 Å². The van der Waals surface area contributed by atoms with Gasteiger partial charge in [0, 0.05) is 10.7 Å². The molecule has 0 unspecified atom stereocenters. The van der Waals surface area contributed by atoms with Crippen LogP contribution in [0.1, 0.15) is 15.9 Å². The minimum Gasteiger partial charge on any atom is -0.370 e. The Hall–Kier alpha value is -1.40. The number of halogens is 1. The molecule has 2 N–H and O–H groups in total. The summed E-state index contributed by atoms with van der Waals surface area (Å²) in [5.41, 5.74) is 1.98. The summed E-state index contributed by atoms with van der Waals surface area (Å²) in [5.74, 6) is 4.25. The molecule has 0 fully saturated rings. The SMILES string of the molecule is Cc1cc(Br)cn2ncc(C(=O)ON)c12. The third kappa shape index (κ3) is 1.62. The van der Waals surface area contributed by atoms with E-state index >= 15 is 0 Å². The first-order valence-corrected chi connectivity index (χ1v) is 4.97. The van der Waals surface area contributed by atoms with Crippen molar-refractivity contribution in [2.24, 2.45) is 5.90 Å². The van der Waals surface area contributed by atoms with Crippen molar-refractivity contribution >= 4 is 27.4 Å². The van der Waals surface area contributed by atoms with E-state index in [0.29, 0.717) is 11.1 Å². The lowest BCUT2D eigenvalue weighted by Gasteiger charge is -2.01. The molecule has 5 nitrogen and oxygen atoms in total. The van der Waals surface area contributed by atoms with Crippen molar-refractivity contribution in [1.82, 2.24) is 9.61 Å². The van der Waals surface area contributed by atoms with E-state index in [1.165, 1.54) is 6.20 Å². The predicted octanol–water partition coefficient (Wildman–Crippen LogP) is 1.44. The molecule has 0 spiro atoms. The summed E-state index contributed by atoms with van der Waals surface area (Å²) in [7, 11) is 0. The van der Waals surface area contributed by atoms with Crippen molar-refractivity contribution in [3.63, 3.8) is 0 Å². The van der Waals surface area contributed by atoms with Crippen LogP contribution in [0.15, 0.2) is 22.9 Å². The van der Waals surface area contributed by atoms with Gasteiger partial charge in [-0.2, -0.15) is 11.0 Å². The van der Waals surface area contributed by atoms with Gasteiger partial charge in [0.25, 0.3) is 0 Å². The Morgan fingerprint density at radius 2 is 2.40 bits per heavy atom. The monoisotopic (exact) mass is 269 g/mol. The van der Waals surface area contributed by atoms with E-state index in [2.05, 4.69) is 25.9 Å². The standard InChI is InChI=1S/C9H8BrN3O2/c1-5-2-6(10)4-13-8(5)7(3-12-13)9(14)15-11/h2-4H,11H2,1H3. The van der Waals surface area contributed by atoms with Crippen LogP contribution in [0, 0.1) is 6.92 Å². The van der Waals surface area contributed by atoms with Crippen LogP contribution >= 0.6 is 15.9 Å². The summed E-state index contributed by atoms with van der Waals surface area (Å²) < 4.78 is 2.49. The molecule has 0 atom stereocenters. The third-order valence-electron chi connectivity index (χ3n) is 2.10. The molecule has 0 aliphatic heterocycles. The highest BCUT2D eigenvalue weighted by Gasteiger charge is 2.15. The number of hydrogen-bond donors (Lipinski definition) is 1. The van der Waals surface area contributed by atoms with Crippen LogP contribution < -0.4 is 5.90 Å². The average molecular weight is 270 g/mol. The molecule has 0 aromatic carbocycles. The molecule has 15 heavy (non-hydrogen) atoms. The number of carbonyl (C=O) groups is 1. The van der Waals surface area contributed by atoms with Crippen LogP contribution in [0.3, 0.4) is 0 Å². The van der Waals surface area contributed by atoms with Gasteiger partial charge in [-0.05, 0) is 34.5 Å². The molecule has 0 aliphatic carbocycles. The summed E-state index contributed by atoms with van der Waals surface area (Å²) in [5, 5.41) is 4.04. The average Bonchev–Trinajstić information content (AvgIpc) is 2.60. The van der Waals surface area contributed by atoms with Crippen molar-refractivity contribution in [3.05, 3.63) is 34.1 Å². The Balaban J connectivity index is 2.74. The van der Waals surface area contributed by atoms with Crippen LogP contribution in [0.2, 0.25) is 0 Å². The summed E-state index contributed by atoms with van der Waals surface area (Å²) in [6.07, 6.45) is 3.19. The van der Waals surface area contributed by atoms with Gasteiger partial charge in [-0.15, -0.1) is 0 Å². The minimum atomic E-state index is -0.588. The van der Waals surface area contributed by atoms with Gasteiger partial charge in [-0.25, -0.2) is 9.31 Å². The quantitative estimate of drug-likeness (QED) is 0.796. The molecule has 0 saturated carbocycles. The van der Waals surface area contributed by atoms with Gasteiger partial charge in [0.15, 0.2) is 0 Å². The zero-order valence-electron chi connectivity index (χ0n) is 7.90. The fraction of sp³-hybridized carbons (Fsp3) is 0.111. The van der Waals surface area contributed by atoms with Gasteiger partial charge in [-0.3, -0.25) is 0 Å². The molecule has 2 rings (SSSR count). The van der Waals surface area contributed by atoms with Gasteiger partial charge < -0.3 is 4.84 Å². The Labute approximate surface area is 93.9 Å². The molecule has 0 aliphatic rings. The number of pyridine rings is 1. The summed E-state index contributed by atoms with van der Waals surface area (Å²) in [4.78, 5) is 15.5. The summed E-state index contributed by atoms with van der Waals surface area (Å²) in [6.45, 7) is 1.88. The maximum Gasteiger partial charge on any atom is 0.360 e.